The molecular weight excluding hydrogens is 356 g/mol. The summed E-state index contributed by atoms with van der Waals surface area (Å²) in [7, 11) is 0. The van der Waals surface area contributed by atoms with E-state index < -0.39 is 0 Å². The molecule has 0 N–H and O–H groups in total. The van der Waals surface area contributed by atoms with E-state index in [1.54, 1.807) is 0 Å². The Morgan fingerprint density at radius 2 is 1.43 bits per heavy atom. The van der Waals surface area contributed by atoms with E-state index in [9.17, 15) is 0 Å². The van der Waals surface area contributed by atoms with Gasteiger partial charge in [0.25, 0.3) is 0 Å². The van der Waals surface area contributed by atoms with Gasteiger partial charge in [-0.25, -0.2) is 0 Å². The van der Waals surface area contributed by atoms with E-state index in [0.717, 1.165) is 33.6 Å². The van der Waals surface area contributed by atoms with Gasteiger partial charge in [0.15, 0.2) is 0 Å². The summed E-state index contributed by atoms with van der Waals surface area (Å²) >= 11 is 4.77. The van der Waals surface area contributed by atoms with Gasteiger partial charge >= 0.3 is 0 Å². The number of hydrogen-bond acceptors (Lipinski definition) is 1. The Balaban J connectivity index is 2.64. The number of thiol groups is 1. The summed E-state index contributed by atoms with van der Waals surface area (Å²) in [5.74, 6) is 0.488. The number of rotatable bonds is 6. The summed E-state index contributed by atoms with van der Waals surface area (Å²) in [5.41, 5.74) is 5.81. The van der Waals surface area contributed by atoms with Crippen LogP contribution in [0.2, 0.25) is 0 Å². The molecule has 3 aromatic rings. The van der Waals surface area contributed by atoms with Gasteiger partial charge in [0.1, 0.15) is 0 Å². The molecule has 0 fully saturated rings. The Labute approximate surface area is 174 Å². The fourth-order valence-electron chi connectivity index (χ4n) is 4.08. The van der Waals surface area contributed by atoms with E-state index in [0.29, 0.717) is 5.92 Å². The monoisotopic (exact) mass is 384 g/mol. The molecule has 3 rings (SSSR count). The van der Waals surface area contributed by atoms with Crippen molar-refractivity contribution in [2.45, 2.75) is 38.0 Å². The van der Waals surface area contributed by atoms with Gasteiger partial charge in [0.05, 0.1) is 0 Å². The number of fused-ring (bicyclic) bond motifs is 2. The lowest BCUT2D eigenvalue weighted by Gasteiger charge is -2.19. The lowest BCUT2D eigenvalue weighted by molar-refractivity contribution is 0.739. The molecular formula is C27H28S. The molecule has 142 valence electrons. The van der Waals surface area contributed by atoms with E-state index in [4.69, 9.17) is 12.6 Å². The van der Waals surface area contributed by atoms with Gasteiger partial charge in [0.2, 0.25) is 0 Å². The smallest absolute Gasteiger partial charge is 0.0119 e. The van der Waals surface area contributed by atoms with Crippen molar-refractivity contribution in [2.24, 2.45) is 0 Å². The second-order valence-corrected chi connectivity index (χ2v) is 7.68. The van der Waals surface area contributed by atoms with Crippen molar-refractivity contribution in [3.8, 4) is 0 Å². The fourth-order valence-corrected chi connectivity index (χ4v) is 4.34. The first-order chi connectivity index (χ1) is 13.5. The first kappa shape index (κ1) is 20.2. The minimum atomic E-state index is 0.488. The van der Waals surface area contributed by atoms with Crippen LogP contribution in [0.15, 0.2) is 55.0 Å². The molecule has 0 bridgehead atoms. The maximum absolute atomic E-state index is 4.77. The van der Waals surface area contributed by atoms with Gasteiger partial charge in [0, 0.05) is 4.90 Å². The molecule has 0 nitrogen and oxygen atoms in total. The molecule has 0 spiro atoms. The normalized spacial score (nSPS) is 12.6. The summed E-state index contributed by atoms with van der Waals surface area (Å²) in [5, 5.41) is 4.85. The Morgan fingerprint density at radius 3 is 2.00 bits per heavy atom. The van der Waals surface area contributed by atoms with Gasteiger partial charge in [-0.3, -0.25) is 0 Å². The fraction of sp³-hybridized carbons (Fsp3) is 0.185. The summed E-state index contributed by atoms with van der Waals surface area (Å²) in [6, 6.07) is 8.93. The average molecular weight is 385 g/mol. The zero-order chi connectivity index (χ0) is 20.4. The topological polar surface area (TPSA) is 0 Å². The number of benzene rings is 3. The van der Waals surface area contributed by atoms with E-state index in [-0.39, 0.29) is 0 Å². The summed E-state index contributed by atoms with van der Waals surface area (Å²) in [6.07, 6.45) is 11.1. The highest BCUT2D eigenvalue weighted by atomic mass is 32.1. The molecule has 28 heavy (non-hydrogen) atoms. The third-order valence-corrected chi connectivity index (χ3v) is 6.10. The largest absolute Gasteiger partial charge is 0.143 e. The first-order valence-electron chi connectivity index (χ1n) is 9.81. The molecule has 0 aliphatic heterocycles. The molecule has 0 saturated carbocycles. The van der Waals surface area contributed by atoms with Crippen LogP contribution >= 0.6 is 12.6 Å². The summed E-state index contributed by atoms with van der Waals surface area (Å²) in [6.45, 7) is 18.8. The molecule has 0 radical (unpaired) electrons. The van der Waals surface area contributed by atoms with Crippen molar-refractivity contribution >= 4 is 58.5 Å². The van der Waals surface area contributed by atoms with Crippen LogP contribution in [0.4, 0.5) is 0 Å². The van der Waals surface area contributed by atoms with Crippen LogP contribution in [0.25, 0.3) is 45.8 Å². The lowest BCUT2D eigenvalue weighted by Crippen LogP contribution is -1.97. The van der Waals surface area contributed by atoms with Crippen LogP contribution in [0.3, 0.4) is 0 Å². The van der Waals surface area contributed by atoms with Gasteiger partial charge < -0.3 is 0 Å². The zero-order valence-corrected chi connectivity index (χ0v) is 17.9. The molecule has 1 heteroatoms. The average Bonchev–Trinajstić information content (AvgIpc) is 2.72. The first-order valence-corrected chi connectivity index (χ1v) is 10.3. The third kappa shape index (κ3) is 3.14. The highest BCUT2D eigenvalue weighted by Gasteiger charge is 2.17. The zero-order valence-electron chi connectivity index (χ0n) is 17.0. The van der Waals surface area contributed by atoms with Crippen LogP contribution in [0.1, 0.15) is 60.9 Å². The standard InChI is InChI=1S/C27H28S/c1-7-12-22-19(10-4)18(9-3)20(11-5)23-15-24-21(17(6)8-2)13-14-27(28)26(24)16-25(22)23/h7,9-17,28H,3-5,8H2,1-2,6H3/b12-7-. The quantitative estimate of drug-likeness (QED) is 0.319. The van der Waals surface area contributed by atoms with E-state index in [2.05, 4.69) is 70.0 Å². The van der Waals surface area contributed by atoms with Gasteiger partial charge in [-0.15, -0.1) is 12.6 Å². The van der Waals surface area contributed by atoms with Crippen molar-refractivity contribution in [3.63, 3.8) is 0 Å². The van der Waals surface area contributed by atoms with Crippen LogP contribution in [0.5, 0.6) is 0 Å². The third-order valence-electron chi connectivity index (χ3n) is 5.71. The maximum Gasteiger partial charge on any atom is 0.0119 e. The lowest BCUT2D eigenvalue weighted by atomic mass is 9.85. The SMILES string of the molecule is C=Cc1c(C=C)c(/C=C\C)c2cc3c(S)ccc(C(C)CC)c3cc2c1C=C. The van der Waals surface area contributed by atoms with Crippen molar-refractivity contribution in [1.82, 2.24) is 0 Å². The van der Waals surface area contributed by atoms with Crippen LogP contribution in [0, 0.1) is 0 Å². The molecule has 0 saturated heterocycles. The second-order valence-electron chi connectivity index (χ2n) is 7.19. The molecule has 3 aromatic carbocycles. The van der Waals surface area contributed by atoms with E-state index in [1.807, 2.05) is 25.2 Å². The molecule has 0 aliphatic carbocycles. The Morgan fingerprint density at radius 1 is 0.857 bits per heavy atom. The number of hydrogen-bond donors (Lipinski definition) is 1. The summed E-state index contributed by atoms with van der Waals surface area (Å²) < 4.78 is 0. The van der Waals surface area contributed by atoms with Crippen molar-refractivity contribution in [2.75, 3.05) is 0 Å². The predicted molar refractivity (Wildman–Crippen MR) is 132 cm³/mol. The molecule has 0 heterocycles. The molecule has 0 amide bonds. The minimum Gasteiger partial charge on any atom is -0.143 e. The van der Waals surface area contributed by atoms with Gasteiger partial charge in [-0.05, 0) is 86.8 Å². The number of allylic oxidation sites excluding steroid dienone is 1. The highest BCUT2D eigenvalue weighted by molar-refractivity contribution is 7.80. The Bertz CT molecular complexity index is 1130. The van der Waals surface area contributed by atoms with Gasteiger partial charge in [-0.2, -0.15) is 0 Å². The van der Waals surface area contributed by atoms with Crippen LogP contribution < -0.4 is 0 Å². The van der Waals surface area contributed by atoms with Crippen LogP contribution in [-0.2, 0) is 0 Å². The van der Waals surface area contributed by atoms with E-state index >= 15 is 0 Å². The summed E-state index contributed by atoms with van der Waals surface area (Å²) in [4.78, 5) is 1.00. The highest BCUT2D eigenvalue weighted by Crippen LogP contribution is 2.40. The molecule has 1 unspecified atom stereocenters. The van der Waals surface area contributed by atoms with Gasteiger partial charge in [-0.1, -0.05) is 70.0 Å². The molecule has 0 aliphatic rings. The second kappa shape index (κ2) is 8.24. The van der Waals surface area contributed by atoms with E-state index in [1.165, 1.54) is 27.1 Å². The predicted octanol–water partition coefficient (Wildman–Crippen LogP) is 8.76. The Kier molecular flexibility index (Phi) is 5.96. The Hall–Kier alpha value is -2.51. The molecule has 0 aromatic heterocycles. The van der Waals surface area contributed by atoms with Crippen molar-refractivity contribution in [3.05, 3.63) is 77.9 Å². The maximum atomic E-state index is 4.77. The van der Waals surface area contributed by atoms with Crippen molar-refractivity contribution < 1.29 is 0 Å². The molecule has 1 atom stereocenters. The minimum absolute atomic E-state index is 0.488. The van der Waals surface area contributed by atoms with Crippen molar-refractivity contribution in [1.29, 1.82) is 0 Å². The van der Waals surface area contributed by atoms with Crippen LogP contribution in [-0.4, -0.2) is 0 Å².